The predicted octanol–water partition coefficient (Wildman–Crippen LogP) is -0.424. The van der Waals surface area contributed by atoms with Crippen molar-refractivity contribution in [2.45, 2.75) is 19.4 Å². The summed E-state index contributed by atoms with van der Waals surface area (Å²) < 4.78 is 0. The molecule has 0 aliphatic rings. The molecule has 1 unspecified atom stereocenters. The van der Waals surface area contributed by atoms with Crippen LogP contribution in [0.25, 0.3) is 0 Å². The quantitative estimate of drug-likeness (QED) is 0.578. The lowest BCUT2D eigenvalue weighted by Crippen LogP contribution is -2.49. The zero-order valence-electron chi connectivity index (χ0n) is 8.59. The van der Waals surface area contributed by atoms with Crippen LogP contribution < -0.4 is 16.0 Å². The van der Waals surface area contributed by atoms with Gasteiger partial charge < -0.3 is 10.6 Å². The van der Waals surface area contributed by atoms with Gasteiger partial charge in [0.25, 0.3) is 0 Å². The van der Waals surface area contributed by atoms with Crippen LogP contribution >= 0.6 is 11.6 Å². The summed E-state index contributed by atoms with van der Waals surface area (Å²) in [5.74, 6) is -0.675. The van der Waals surface area contributed by atoms with Crippen molar-refractivity contribution in [3.05, 3.63) is 0 Å². The molecule has 0 fully saturated rings. The number of carbonyl (C=O) groups excluding carboxylic acids is 3. The summed E-state index contributed by atoms with van der Waals surface area (Å²) in [7, 11) is 1.46. The monoisotopic (exact) mass is 235 g/mol. The molecular formula is C8H14ClN3O3. The standard InChI is InChI=1S/C8H14ClN3O3/c1-5(7(14)10-2)11-8(15)12-6(13)3-4-9/h5H,3-4H2,1-2H3,(H,10,14)(H2,11,12,13,15). The maximum atomic E-state index is 11.1. The van der Waals surface area contributed by atoms with Crippen LogP contribution in [0.1, 0.15) is 13.3 Å². The second-order valence-corrected chi connectivity index (χ2v) is 3.17. The zero-order valence-corrected chi connectivity index (χ0v) is 9.35. The van der Waals surface area contributed by atoms with Crippen molar-refractivity contribution in [2.75, 3.05) is 12.9 Å². The number of likely N-dealkylation sites (N-methyl/N-ethyl adjacent to an activating group) is 1. The van der Waals surface area contributed by atoms with E-state index >= 15 is 0 Å². The smallest absolute Gasteiger partial charge is 0.322 e. The Morgan fingerprint density at radius 1 is 1.33 bits per heavy atom. The molecule has 0 bridgehead atoms. The van der Waals surface area contributed by atoms with E-state index in [9.17, 15) is 14.4 Å². The molecule has 0 rings (SSSR count). The zero-order chi connectivity index (χ0) is 11.8. The number of alkyl halides is 1. The Kier molecular flexibility index (Phi) is 6.44. The van der Waals surface area contributed by atoms with Crippen molar-refractivity contribution in [1.82, 2.24) is 16.0 Å². The van der Waals surface area contributed by atoms with Gasteiger partial charge in [-0.05, 0) is 6.92 Å². The minimum atomic E-state index is -0.707. The van der Waals surface area contributed by atoms with Gasteiger partial charge in [-0.3, -0.25) is 14.9 Å². The van der Waals surface area contributed by atoms with Gasteiger partial charge in [0.1, 0.15) is 6.04 Å². The number of carbonyl (C=O) groups is 3. The van der Waals surface area contributed by atoms with Crippen molar-refractivity contribution >= 4 is 29.4 Å². The Morgan fingerprint density at radius 2 is 1.93 bits per heavy atom. The van der Waals surface area contributed by atoms with Crippen LogP contribution in [0.15, 0.2) is 0 Å². The Morgan fingerprint density at radius 3 is 2.40 bits per heavy atom. The molecule has 3 N–H and O–H groups in total. The van der Waals surface area contributed by atoms with Crippen molar-refractivity contribution in [2.24, 2.45) is 0 Å². The number of imide groups is 1. The normalized spacial score (nSPS) is 11.4. The third-order valence-electron chi connectivity index (χ3n) is 1.56. The minimum Gasteiger partial charge on any atom is -0.357 e. The highest BCUT2D eigenvalue weighted by Crippen LogP contribution is 1.85. The van der Waals surface area contributed by atoms with Crippen LogP contribution in [0.2, 0.25) is 0 Å². The molecular weight excluding hydrogens is 222 g/mol. The van der Waals surface area contributed by atoms with Crippen LogP contribution in [0.3, 0.4) is 0 Å². The van der Waals surface area contributed by atoms with Gasteiger partial charge >= 0.3 is 6.03 Å². The predicted molar refractivity (Wildman–Crippen MR) is 55.5 cm³/mol. The number of halogens is 1. The highest BCUT2D eigenvalue weighted by Gasteiger charge is 2.14. The van der Waals surface area contributed by atoms with E-state index < -0.39 is 18.0 Å². The van der Waals surface area contributed by atoms with E-state index in [2.05, 4.69) is 10.6 Å². The van der Waals surface area contributed by atoms with Crippen molar-refractivity contribution in [3.8, 4) is 0 Å². The lowest BCUT2D eigenvalue weighted by Gasteiger charge is -2.12. The summed E-state index contributed by atoms with van der Waals surface area (Å²) in [4.78, 5) is 33.0. The number of urea groups is 1. The number of amides is 4. The summed E-state index contributed by atoms with van der Waals surface area (Å²) in [6, 6.07) is -1.40. The molecule has 1 atom stereocenters. The third-order valence-corrected chi connectivity index (χ3v) is 1.75. The molecule has 7 heteroatoms. The molecule has 4 amide bonds. The van der Waals surface area contributed by atoms with Crippen LogP contribution in [-0.2, 0) is 9.59 Å². The van der Waals surface area contributed by atoms with E-state index in [0.29, 0.717) is 0 Å². The average molecular weight is 236 g/mol. The average Bonchev–Trinajstić information content (AvgIpc) is 2.16. The van der Waals surface area contributed by atoms with Gasteiger partial charge in [-0.1, -0.05) is 0 Å². The molecule has 0 aromatic carbocycles. The molecule has 6 nitrogen and oxygen atoms in total. The summed E-state index contributed by atoms with van der Waals surface area (Å²) in [5, 5.41) is 6.69. The van der Waals surface area contributed by atoms with E-state index in [0.717, 1.165) is 0 Å². The summed E-state index contributed by atoms with van der Waals surface area (Å²) in [6.07, 6.45) is 0.0589. The molecule has 0 aliphatic heterocycles. The molecule has 0 heterocycles. The molecule has 0 aliphatic carbocycles. The second kappa shape index (κ2) is 7.05. The number of rotatable bonds is 4. The topological polar surface area (TPSA) is 87.3 Å². The maximum Gasteiger partial charge on any atom is 0.322 e. The fourth-order valence-electron chi connectivity index (χ4n) is 0.790. The number of hydrogen-bond acceptors (Lipinski definition) is 3. The summed E-state index contributed by atoms with van der Waals surface area (Å²) in [5.41, 5.74) is 0. The number of hydrogen-bond donors (Lipinski definition) is 3. The van der Waals surface area contributed by atoms with Gasteiger partial charge in [0.15, 0.2) is 0 Å². The molecule has 15 heavy (non-hydrogen) atoms. The molecule has 0 radical (unpaired) electrons. The molecule has 0 aromatic rings. The molecule has 0 saturated carbocycles. The Hall–Kier alpha value is -1.30. The van der Waals surface area contributed by atoms with E-state index in [4.69, 9.17) is 11.6 Å². The van der Waals surface area contributed by atoms with E-state index in [1.165, 1.54) is 14.0 Å². The van der Waals surface area contributed by atoms with Crippen molar-refractivity contribution < 1.29 is 14.4 Å². The largest absolute Gasteiger partial charge is 0.357 e. The first-order valence-electron chi connectivity index (χ1n) is 4.39. The Balaban J connectivity index is 3.93. The van der Waals surface area contributed by atoms with Crippen LogP contribution in [0, 0.1) is 0 Å². The van der Waals surface area contributed by atoms with Gasteiger partial charge in [-0.2, -0.15) is 0 Å². The van der Waals surface area contributed by atoms with Crippen molar-refractivity contribution in [1.29, 1.82) is 0 Å². The second-order valence-electron chi connectivity index (χ2n) is 2.80. The Labute approximate surface area is 92.7 Å². The van der Waals surface area contributed by atoms with E-state index in [-0.39, 0.29) is 18.2 Å². The first-order valence-corrected chi connectivity index (χ1v) is 4.92. The van der Waals surface area contributed by atoms with Gasteiger partial charge in [0.2, 0.25) is 11.8 Å². The number of nitrogens with one attached hydrogen (secondary N) is 3. The molecule has 86 valence electrons. The van der Waals surface area contributed by atoms with Gasteiger partial charge in [-0.25, -0.2) is 4.79 Å². The minimum absolute atomic E-state index is 0.0589. The fraction of sp³-hybridized carbons (Fsp3) is 0.625. The van der Waals surface area contributed by atoms with Crippen LogP contribution in [0.4, 0.5) is 4.79 Å². The van der Waals surface area contributed by atoms with Gasteiger partial charge in [0.05, 0.1) is 0 Å². The lowest BCUT2D eigenvalue weighted by atomic mass is 10.3. The van der Waals surface area contributed by atoms with Crippen LogP contribution in [-0.4, -0.2) is 36.8 Å². The molecule has 0 saturated heterocycles. The first kappa shape index (κ1) is 13.7. The Bertz CT molecular complexity index is 258. The highest BCUT2D eigenvalue weighted by molar-refractivity contribution is 6.19. The van der Waals surface area contributed by atoms with Crippen LogP contribution in [0.5, 0.6) is 0 Å². The van der Waals surface area contributed by atoms with Gasteiger partial charge in [-0.15, -0.1) is 11.6 Å². The van der Waals surface area contributed by atoms with Gasteiger partial charge in [0, 0.05) is 19.3 Å². The fourth-order valence-corrected chi connectivity index (χ4v) is 0.961. The summed E-state index contributed by atoms with van der Waals surface area (Å²) in [6.45, 7) is 1.50. The summed E-state index contributed by atoms with van der Waals surface area (Å²) >= 11 is 5.30. The SMILES string of the molecule is CNC(=O)C(C)NC(=O)NC(=O)CCCl. The molecule has 0 aromatic heterocycles. The lowest BCUT2D eigenvalue weighted by molar-refractivity contribution is -0.122. The first-order chi connectivity index (χ1) is 7.01. The van der Waals surface area contributed by atoms with Crippen molar-refractivity contribution in [3.63, 3.8) is 0 Å². The third kappa shape index (κ3) is 5.90. The highest BCUT2D eigenvalue weighted by atomic mass is 35.5. The molecule has 0 spiro atoms. The maximum absolute atomic E-state index is 11.1. The van der Waals surface area contributed by atoms with E-state index in [1.54, 1.807) is 0 Å². The van der Waals surface area contributed by atoms with E-state index in [1.807, 2.05) is 5.32 Å².